The molecule has 1 aliphatic carbocycles. The van der Waals surface area contributed by atoms with E-state index in [0.29, 0.717) is 6.42 Å². The summed E-state index contributed by atoms with van der Waals surface area (Å²) in [5, 5.41) is 7.08. The zero-order chi connectivity index (χ0) is 13.2. The van der Waals surface area contributed by atoms with Crippen LogP contribution >= 0.6 is 0 Å². The van der Waals surface area contributed by atoms with Gasteiger partial charge in [0.2, 0.25) is 5.91 Å². The number of carbonyl (C=O) groups is 1. The Morgan fingerprint density at radius 3 is 2.72 bits per heavy atom. The fraction of sp³-hybridized carbons (Fsp3) is 0.692. The molecule has 0 saturated heterocycles. The molecule has 0 unspecified atom stereocenters. The molecular weight excluding hydrogens is 228 g/mol. The predicted molar refractivity (Wildman–Crippen MR) is 71.2 cm³/mol. The van der Waals surface area contributed by atoms with Gasteiger partial charge in [-0.25, -0.2) is 0 Å². The molecule has 1 aromatic rings. The minimum Gasteiger partial charge on any atom is -0.325 e. The van der Waals surface area contributed by atoms with Crippen molar-refractivity contribution in [2.24, 2.45) is 12.8 Å². The van der Waals surface area contributed by atoms with E-state index in [9.17, 15) is 4.79 Å². The van der Waals surface area contributed by atoms with Gasteiger partial charge in [0, 0.05) is 25.1 Å². The summed E-state index contributed by atoms with van der Waals surface area (Å²) in [4.78, 5) is 12.0. The topological polar surface area (TPSA) is 72.9 Å². The van der Waals surface area contributed by atoms with E-state index in [1.54, 1.807) is 4.68 Å². The quantitative estimate of drug-likeness (QED) is 0.858. The van der Waals surface area contributed by atoms with Crippen molar-refractivity contribution >= 4 is 11.7 Å². The van der Waals surface area contributed by atoms with Gasteiger partial charge < -0.3 is 11.1 Å². The van der Waals surface area contributed by atoms with Crippen LogP contribution in [0.15, 0.2) is 6.07 Å². The van der Waals surface area contributed by atoms with Gasteiger partial charge in [-0.3, -0.25) is 9.48 Å². The molecule has 1 amide bonds. The van der Waals surface area contributed by atoms with Crippen molar-refractivity contribution in [1.29, 1.82) is 0 Å². The Balaban J connectivity index is 1.94. The number of nitrogens with two attached hydrogens (primary N) is 1. The van der Waals surface area contributed by atoms with Crippen LogP contribution in [0.5, 0.6) is 0 Å². The standard InChI is InChI=1S/C13H22N4O/c1-10-8-11(17(2)16-10)15-12(18)9-13(14)6-4-3-5-7-13/h8H,3-7,9,14H2,1-2H3,(H,15,18). The summed E-state index contributed by atoms with van der Waals surface area (Å²) >= 11 is 0. The number of aryl methyl sites for hydroxylation is 2. The fourth-order valence-electron chi connectivity index (χ4n) is 2.67. The van der Waals surface area contributed by atoms with Crippen LogP contribution < -0.4 is 11.1 Å². The molecule has 18 heavy (non-hydrogen) atoms. The van der Waals surface area contributed by atoms with Crippen LogP contribution in [0.3, 0.4) is 0 Å². The van der Waals surface area contributed by atoms with Gasteiger partial charge in [-0.2, -0.15) is 5.10 Å². The van der Waals surface area contributed by atoms with Crippen molar-refractivity contribution in [3.63, 3.8) is 0 Å². The highest BCUT2D eigenvalue weighted by atomic mass is 16.1. The first-order chi connectivity index (χ1) is 8.48. The molecule has 1 heterocycles. The van der Waals surface area contributed by atoms with Gasteiger partial charge >= 0.3 is 0 Å². The maximum absolute atomic E-state index is 12.0. The number of aromatic nitrogens is 2. The van der Waals surface area contributed by atoms with Crippen molar-refractivity contribution in [2.75, 3.05) is 5.32 Å². The van der Waals surface area contributed by atoms with Crippen LogP contribution in [-0.2, 0) is 11.8 Å². The first kappa shape index (κ1) is 13.1. The van der Waals surface area contributed by atoms with E-state index in [2.05, 4.69) is 10.4 Å². The molecule has 1 saturated carbocycles. The van der Waals surface area contributed by atoms with Gasteiger partial charge in [0.1, 0.15) is 5.82 Å². The summed E-state index contributed by atoms with van der Waals surface area (Å²) in [5.74, 6) is 0.722. The van der Waals surface area contributed by atoms with E-state index in [1.165, 1.54) is 6.42 Å². The first-order valence-electron chi connectivity index (χ1n) is 6.58. The number of anilines is 1. The van der Waals surface area contributed by atoms with Gasteiger partial charge in [-0.05, 0) is 19.8 Å². The van der Waals surface area contributed by atoms with Gasteiger partial charge in [0.25, 0.3) is 0 Å². The van der Waals surface area contributed by atoms with Crippen LogP contribution in [0.1, 0.15) is 44.2 Å². The van der Waals surface area contributed by atoms with Crippen molar-refractivity contribution in [3.8, 4) is 0 Å². The van der Waals surface area contributed by atoms with Gasteiger partial charge in [-0.15, -0.1) is 0 Å². The molecule has 3 N–H and O–H groups in total. The van der Waals surface area contributed by atoms with Crippen LogP contribution in [0.4, 0.5) is 5.82 Å². The highest BCUT2D eigenvalue weighted by molar-refractivity contribution is 5.90. The second kappa shape index (κ2) is 5.10. The normalized spacial score (nSPS) is 18.6. The molecule has 2 rings (SSSR count). The predicted octanol–water partition coefficient (Wildman–Crippen LogP) is 1.72. The highest BCUT2D eigenvalue weighted by Crippen LogP contribution is 2.28. The Morgan fingerprint density at radius 2 is 2.17 bits per heavy atom. The zero-order valence-corrected chi connectivity index (χ0v) is 11.2. The molecule has 0 atom stereocenters. The lowest BCUT2D eigenvalue weighted by Crippen LogP contribution is -2.44. The van der Waals surface area contributed by atoms with Crippen LogP contribution in [-0.4, -0.2) is 21.2 Å². The average molecular weight is 250 g/mol. The SMILES string of the molecule is Cc1cc(NC(=O)CC2(N)CCCCC2)n(C)n1. The number of carbonyl (C=O) groups excluding carboxylic acids is 1. The van der Waals surface area contributed by atoms with E-state index >= 15 is 0 Å². The first-order valence-corrected chi connectivity index (χ1v) is 6.58. The van der Waals surface area contributed by atoms with Crippen LogP contribution in [0.25, 0.3) is 0 Å². The molecule has 5 heteroatoms. The van der Waals surface area contributed by atoms with E-state index in [1.807, 2.05) is 20.0 Å². The second-order valence-electron chi connectivity index (χ2n) is 5.44. The smallest absolute Gasteiger partial charge is 0.227 e. The molecular formula is C13H22N4O. The summed E-state index contributed by atoms with van der Waals surface area (Å²) in [7, 11) is 1.82. The lowest BCUT2D eigenvalue weighted by Gasteiger charge is -2.32. The third-order valence-corrected chi connectivity index (χ3v) is 3.63. The summed E-state index contributed by atoms with van der Waals surface area (Å²) < 4.78 is 1.68. The average Bonchev–Trinajstić information content (AvgIpc) is 2.57. The summed E-state index contributed by atoms with van der Waals surface area (Å²) in [6, 6.07) is 1.86. The number of nitrogens with zero attached hydrogens (tertiary/aromatic N) is 2. The van der Waals surface area contributed by atoms with E-state index < -0.39 is 0 Å². The lowest BCUT2D eigenvalue weighted by molar-refractivity contribution is -0.117. The summed E-state index contributed by atoms with van der Waals surface area (Å²) in [6.07, 6.45) is 5.80. The molecule has 0 aliphatic heterocycles. The minimum absolute atomic E-state index is 0.0117. The molecule has 0 radical (unpaired) electrons. The summed E-state index contributed by atoms with van der Waals surface area (Å²) in [5.41, 5.74) is 6.86. The fourth-order valence-corrected chi connectivity index (χ4v) is 2.67. The molecule has 0 spiro atoms. The zero-order valence-electron chi connectivity index (χ0n) is 11.2. The largest absolute Gasteiger partial charge is 0.325 e. The molecule has 1 aromatic heterocycles. The Labute approximate surface area is 108 Å². The van der Waals surface area contributed by atoms with Gasteiger partial charge in [0.05, 0.1) is 5.69 Å². The second-order valence-corrected chi connectivity index (χ2v) is 5.44. The molecule has 100 valence electrons. The molecule has 1 fully saturated rings. The Bertz CT molecular complexity index is 432. The van der Waals surface area contributed by atoms with Crippen LogP contribution in [0, 0.1) is 6.92 Å². The maximum atomic E-state index is 12.0. The van der Waals surface area contributed by atoms with Crippen molar-refractivity contribution in [2.45, 2.75) is 51.0 Å². The Kier molecular flexibility index (Phi) is 3.71. The third kappa shape index (κ3) is 3.10. The minimum atomic E-state index is -0.310. The Hall–Kier alpha value is -1.36. The molecule has 0 bridgehead atoms. The van der Waals surface area contributed by atoms with Crippen LogP contribution in [0.2, 0.25) is 0 Å². The number of amides is 1. The van der Waals surface area contributed by atoms with Gasteiger partial charge in [-0.1, -0.05) is 19.3 Å². The van der Waals surface area contributed by atoms with E-state index in [-0.39, 0.29) is 11.4 Å². The monoisotopic (exact) mass is 250 g/mol. The third-order valence-electron chi connectivity index (χ3n) is 3.63. The number of hydrogen-bond acceptors (Lipinski definition) is 3. The maximum Gasteiger partial charge on any atom is 0.227 e. The van der Waals surface area contributed by atoms with Crippen molar-refractivity contribution < 1.29 is 4.79 Å². The van der Waals surface area contributed by atoms with Crippen molar-refractivity contribution in [1.82, 2.24) is 9.78 Å². The molecule has 5 nitrogen and oxygen atoms in total. The summed E-state index contributed by atoms with van der Waals surface area (Å²) in [6.45, 7) is 1.90. The lowest BCUT2D eigenvalue weighted by atomic mass is 9.80. The molecule has 0 aromatic carbocycles. The van der Waals surface area contributed by atoms with E-state index in [4.69, 9.17) is 5.73 Å². The number of hydrogen-bond donors (Lipinski definition) is 2. The van der Waals surface area contributed by atoms with E-state index in [0.717, 1.165) is 37.2 Å². The molecule has 1 aliphatic rings. The van der Waals surface area contributed by atoms with Crippen molar-refractivity contribution in [3.05, 3.63) is 11.8 Å². The highest BCUT2D eigenvalue weighted by Gasteiger charge is 2.30. The van der Waals surface area contributed by atoms with Gasteiger partial charge in [0.15, 0.2) is 0 Å². The Morgan fingerprint density at radius 1 is 1.50 bits per heavy atom. The number of rotatable bonds is 3. The number of nitrogens with one attached hydrogen (secondary N) is 1.